The highest BCUT2D eigenvalue weighted by atomic mass is 16.5. The van der Waals surface area contributed by atoms with Crippen LogP contribution < -0.4 is 10.1 Å². The van der Waals surface area contributed by atoms with Crippen molar-refractivity contribution in [1.82, 2.24) is 5.32 Å². The van der Waals surface area contributed by atoms with E-state index in [1.165, 1.54) is 22.8 Å². The lowest BCUT2D eigenvalue weighted by Crippen LogP contribution is -2.20. The molecule has 102 valence electrons. The zero-order valence-corrected chi connectivity index (χ0v) is 12.1. The minimum Gasteiger partial charge on any atom is -0.497 e. The highest BCUT2D eigenvalue weighted by molar-refractivity contribution is 5.84. The van der Waals surface area contributed by atoms with Crippen molar-refractivity contribution in [3.8, 4) is 5.75 Å². The number of ether oxygens (including phenoxy) is 1. The summed E-state index contributed by atoms with van der Waals surface area (Å²) in [5.74, 6) is 1.63. The van der Waals surface area contributed by atoms with Gasteiger partial charge in [0.25, 0.3) is 0 Å². The number of fused-ring (bicyclic) bond motifs is 1. The topological polar surface area (TPSA) is 21.3 Å². The van der Waals surface area contributed by atoms with Gasteiger partial charge in [0.15, 0.2) is 0 Å². The molecule has 0 amide bonds. The Morgan fingerprint density at radius 1 is 1.11 bits per heavy atom. The van der Waals surface area contributed by atoms with Crippen molar-refractivity contribution in [2.75, 3.05) is 20.7 Å². The van der Waals surface area contributed by atoms with Gasteiger partial charge in [0.05, 0.1) is 7.11 Å². The normalized spacial score (nSPS) is 12.6. The molecule has 0 aliphatic carbocycles. The van der Waals surface area contributed by atoms with Crippen LogP contribution in [0.1, 0.15) is 18.9 Å². The molecule has 2 nitrogen and oxygen atoms in total. The largest absolute Gasteiger partial charge is 0.497 e. The molecular weight excluding hydrogens is 234 g/mol. The molecule has 2 rings (SSSR count). The average molecular weight is 257 g/mol. The first-order valence-corrected chi connectivity index (χ1v) is 6.98. The second-order valence-corrected chi connectivity index (χ2v) is 5.08. The molecule has 0 aliphatic rings. The average Bonchev–Trinajstić information content (AvgIpc) is 2.46. The van der Waals surface area contributed by atoms with E-state index in [2.05, 4.69) is 42.6 Å². The lowest BCUT2D eigenvalue weighted by atomic mass is 9.95. The van der Waals surface area contributed by atoms with Crippen LogP contribution in [-0.2, 0) is 6.42 Å². The summed E-state index contributed by atoms with van der Waals surface area (Å²) in [7, 11) is 3.73. The van der Waals surface area contributed by atoms with E-state index in [0.29, 0.717) is 5.92 Å². The van der Waals surface area contributed by atoms with E-state index in [4.69, 9.17) is 4.74 Å². The number of hydrogen-bond donors (Lipinski definition) is 1. The van der Waals surface area contributed by atoms with Crippen LogP contribution in [0.15, 0.2) is 36.4 Å². The van der Waals surface area contributed by atoms with E-state index in [1.807, 2.05) is 13.1 Å². The minimum atomic E-state index is 0.709. The summed E-state index contributed by atoms with van der Waals surface area (Å²) in [6.45, 7) is 3.34. The van der Waals surface area contributed by atoms with E-state index in [0.717, 1.165) is 18.7 Å². The van der Waals surface area contributed by atoms with Gasteiger partial charge in [-0.1, -0.05) is 37.6 Å². The number of methoxy groups -OCH3 is 1. The Morgan fingerprint density at radius 2 is 1.84 bits per heavy atom. The van der Waals surface area contributed by atoms with Gasteiger partial charge < -0.3 is 10.1 Å². The fraction of sp³-hybridized carbons (Fsp3) is 0.412. The maximum absolute atomic E-state index is 5.26. The number of hydrogen-bond acceptors (Lipinski definition) is 2. The van der Waals surface area contributed by atoms with Crippen LogP contribution in [0, 0.1) is 5.92 Å². The maximum Gasteiger partial charge on any atom is 0.119 e. The molecule has 1 atom stereocenters. The standard InChI is InChI=1S/C17H23NO/c1-4-13(12-18-2)9-14-5-6-16-11-17(19-3)8-7-15(16)10-14/h5-8,10-11,13,18H,4,9,12H2,1-3H3. The molecule has 0 aromatic heterocycles. The third-order valence-electron chi connectivity index (χ3n) is 3.71. The zero-order chi connectivity index (χ0) is 13.7. The van der Waals surface area contributed by atoms with Gasteiger partial charge in [0.1, 0.15) is 5.75 Å². The van der Waals surface area contributed by atoms with Crippen molar-refractivity contribution in [1.29, 1.82) is 0 Å². The molecule has 0 radical (unpaired) electrons. The number of rotatable bonds is 6. The lowest BCUT2D eigenvalue weighted by Gasteiger charge is -2.14. The van der Waals surface area contributed by atoms with Gasteiger partial charge in [-0.15, -0.1) is 0 Å². The van der Waals surface area contributed by atoms with Crippen molar-refractivity contribution in [2.45, 2.75) is 19.8 Å². The van der Waals surface area contributed by atoms with E-state index in [-0.39, 0.29) is 0 Å². The summed E-state index contributed by atoms with van der Waals surface area (Å²) in [6.07, 6.45) is 2.35. The Kier molecular flexibility index (Phi) is 4.80. The zero-order valence-electron chi connectivity index (χ0n) is 12.1. The smallest absolute Gasteiger partial charge is 0.119 e. The molecule has 0 heterocycles. The Hall–Kier alpha value is -1.54. The van der Waals surface area contributed by atoms with Crippen LogP contribution >= 0.6 is 0 Å². The van der Waals surface area contributed by atoms with Gasteiger partial charge in [-0.3, -0.25) is 0 Å². The highest BCUT2D eigenvalue weighted by Crippen LogP contribution is 2.23. The predicted molar refractivity (Wildman–Crippen MR) is 81.9 cm³/mol. The van der Waals surface area contributed by atoms with E-state index >= 15 is 0 Å². The molecule has 2 heteroatoms. The van der Waals surface area contributed by atoms with Gasteiger partial charge in [-0.2, -0.15) is 0 Å². The van der Waals surface area contributed by atoms with Gasteiger partial charge in [-0.25, -0.2) is 0 Å². The van der Waals surface area contributed by atoms with Crippen molar-refractivity contribution in [2.24, 2.45) is 5.92 Å². The number of benzene rings is 2. The SMILES string of the molecule is CCC(CNC)Cc1ccc2cc(OC)ccc2c1. The molecule has 0 spiro atoms. The quantitative estimate of drug-likeness (QED) is 0.853. The van der Waals surface area contributed by atoms with Gasteiger partial charge in [-0.05, 0) is 54.4 Å². The summed E-state index contributed by atoms with van der Waals surface area (Å²) >= 11 is 0. The summed E-state index contributed by atoms with van der Waals surface area (Å²) < 4.78 is 5.26. The van der Waals surface area contributed by atoms with Gasteiger partial charge in [0, 0.05) is 0 Å². The van der Waals surface area contributed by atoms with E-state index in [9.17, 15) is 0 Å². The summed E-state index contributed by atoms with van der Waals surface area (Å²) in [4.78, 5) is 0. The van der Waals surface area contributed by atoms with Crippen molar-refractivity contribution in [3.05, 3.63) is 42.0 Å². The highest BCUT2D eigenvalue weighted by Gasteiger charge is 2.07. The van der Waals surface area contributed by atoms with Crippen LogP contribution in [0.2, 0.25) is 0 Å². The lowest BCUT2D eigenvalue weighted by molar-refractivity contribution is 0.415. The molecule has 0 saturated carbocycles. The fourth-order valence-electron chi connectivity index (χ4n) is 2.51. The van der Waals surface area contributed by atoms with Gasteiger partial charge in [0.2, 0.25) is 0 Å². The van der Waals surface area contributed by atoms with E-state index < -0.39 is 0 Å². The second-order valence-electron chi connectivity index (χ2n) is 5.08. The first kappa shape index (κ1) is 13.9. The molecule has 0 aliphatic heterocycles. The molecular formula is C17H23NO. The Bertz CT molecular complexity index is 536. The van der Waals surface area contributed by atoms with Crippen LogP contribution in [0.4, 0.5) is 0 Å². The van der Waals surface area contributed by atoms with Crippen LogP contribution in [-0.4, -0.2) is 20.7 Å². The van der Waals surface area contributed by atoms with Crippen molar-refractivity contribution < 1.29 is 4.74 Å². The number of nitrogens with one attached hydrogen (secondary N) is 1. The maximum atomic E-state index is 5.26. The minimum absolute atomic E-state index is 0.709. The molecule has 1 unspecified atom stereocenters. The van der Waals surface area contributed by atoms with Crippen molar-refractivity contribution >= 4 is 10.8 Å². The van der Waals surface area contributed by atoms with Crippen LogP contribution in [0.3, 0.4) is 0 Å². The molecule has 0 bridgehead atoms. The van der Waals surface area contributed by atoms with Crippen molar-refractivity contribution in [3.63, 3.8) is 0 Å². The molecule has 19 heavy (non-hydrogen) atoms. The second kappa shape index (κ2) is 6.58. The third-order valence-corrected chi connectivity index (χ3v) is 3.71. The Morgan fingerprint density at radius 3 is 2.53 bits per heavy atom. The summed E-state index contributed by atoms with van der Waals surface area (Å²) in [5.41, 5.74) is 1.42. The molecule has 0 fully saturated rings. The Labute approximate surface area is 115 Å². The molecule has 1 N–H and O–H groups in total. The summed E-state index contributed by atoms with van der Waals surface area (Å²) in [6, 6.07) is 13.0. The third kappa shape index (κ3) is 3.48. The van der Waals surface area contributed by atoms with Crippen LogP contribution in [0.5, 0.6) is 5.75 Å². The van der Waals surface area contributed by atoms with Crippen LogP contribution in [0.25, 0.3) is 10.8 Å². The first-order valence-electron chi connectivity index (χ1n) is 6.98. The van der Waals surface area contributed by atoms with Gasteiger partial charge >= 0.3 is 0 Å². The monoisotopic (exact) mass is 257 g/mol. The molecule has 0 saturated heterocycles. The van der Waals surface area contributed by atoms with E-state index in [1.54, 1.807) is 7.11 Å². The Balaban J connectivity index is 2.21. The molecule has 2 aromatic carbocycles. The first-order chi connectivity index (χ1) is 9.26. The predicted octanol–water partition coefficient (Wildman–Crippen LogP) is 3.64. The summed E-state index contributed by atoms with van der Waals surface area (Å²) in [5, 5.41) is 5.80. The fourth-order valence-corrected chi connectivity index (χ4v) is 2.51. The molecule has 2 aromatic rings.